The van der Waals surface area contributed by atoms with Crippen LogP contribution in [0.15, 0.2) is 4.99 Å². The molecule has 0 aromatic rings. The van der Waals surface area contributed by atoms with E-state index in [-0.39, 0.29) is 24.0 Å². The number of rotatable bonds is 4. The fourth-order valence-corrected chi connectivity index (χ4v) is 5.57. The lowest BCUT2D eigenvalue weighted by Crippen LogP contribution is -2.67. The number of guanidine groups is 1. The van der Waals surface area contributed by atoms with Crippen molar-refractivity contribution in [2.24, 2.45) is 10.4 Å². The zero-order chi connectivity index (χ0) is 16.6. The predicted molar refractivity (Wildman–Crippen MR) is 111 cm³/mol. The minimum absolute atomic E-state index is 0. The number of halogens is 1. The number of nitrogens with zero attached hydrogens (tertiary/aromatic N) is 1. The van der Waals surface area contributed by atoms with E-state index in [1.807, 2.05) is 7.05 Å². The first-order valence-electron chi connectivity index (χ1n) is 10.0. The monoisotopic (exact) mass is 463 g/mol. The summed E-state index contributed by atoms with van der Waals surface area (Å²) in [6, 6.07) is 0.931. The molecule has 2 heterocycles. The first kappa shape index (κ1) is 19.7. The predicted octanol–water partition coefficient (Wildman–Crippen LogP) is 3.22. The van der Waals surface area contributed by atoms with Gasteiger partial charge in [0.2, 0.25) is 0 Å². The van der Waals surface area contributed by atoms with Crippen LogP contribution in [0, 0.1) is 5.41 Å². The van der Waals surface area contributed by atoms with Gasteiger partial charge in [-0.05, 0) is 45.4 Å². The standard InChI is InChI=1S/C19H33N3O2.HI/c1-3-23-17-12-16(19(17)9-5-4-6-10-19)22-18(20-2)21-14-11-13-7-8-15(14)24-13;/h13-17H,3-12H2,1-2H3,(H2,20,21,22);1H. The summed E-state index contributed by atoms with van der Waals surface area (Å²) in [5.74, 6) is 0.959. The third-order valence-corrected chi connectivity index (χ3v) is 6.90. The summed E-state index contributed by atoms with van der Waals surface area (Å²) in [4.78, 5) is 4.50. The van der Waals surface area contributed by atoms with Gasteiger partial charge in [-0.25, -0.2) is 0 Å². The van der Waals surface area contributed by atoms with E-state index in [1.165, 1.54) is 44.9 Å². The number of hydrogen-bond acceptors (Lipinski definition) is 3. The van der Waals surface area contributed by atoms with E-state index in [9.17, 15) is 0 Å². The van der Waals surface area contributed by atoms with Crippen LogP contribution in [0.4, 0.5) is 0 Å². The number of hydrogen-bond donors (Lipinski definition) is 2. The van der Waals surface area contributed by atoms with Gasteiger partial charge in [0.1, 0.15) is 0 Å². The summed E-state index contributed by atoms with van der Waals surface area (Å²) in [6.07, 6.45) is 12.6. The molecule has 25 heavy (non-hydrogen) atoms. The Labute approximate surface area is 169 Å². The highest BCUT2D eigenvalue weighted by Gasteiger charge is 2.56. The van der Waals surface area contributed by atoms with Gasteiger partial charge in [0.05, 0.1) is 24.4 Å². The molecule has 6 heteroatoms. The van der Waals surface area contributed by atoms with Crippen LogP contribution < -0.4 is 10.6 Å². The largest absolute Gasteiger partial charge is 0.378 e. The molecule has 4 aliphatic rings. The fraction of sp³-hybridized carbons (Fsp3) is 0.947. The SMILES string of the molecule is CCOC1CC(NC(=NC)NC2CC3CCC2O3)C12CCCCC2.I. The molecule has 2 saturated carbocycles. The van der Waals surface area contributed by atoms with Gasteiger partial charge in [-0.1, -0.05) is 19.3 Å². The van der Waals surface area contributed by atoms with Crippen molar-refractivity contribution in [2.75, 3.05) is 13.7 Å². The zero-order valence-corrected chi connectivity index (χ0v) is 18.0. The molecule has 2 aliphatic carbocycles. The first-order valence-corrected chi connectivity index (χ1v) is 10.0. The lowest BCUT2D eigenvalue weighted by atomic mass is 9.55. The van der Waals surface area contributed by atoms with Crippen molar-refractivity contribution >= 4 is 29.9 Å². The van der Waals surface area contributed by atoms with E-state index < -0.39 is 0 Å². The maximum Gasteiger partial charge on any atom is 0.191 e. The molecule has 2 saturated heterocycles. The quantitative estimate of drug-likeness (QED) is 0.382. The molecular formula is C19H34IN3O2. The third kappa shape index (κ3) is 3.68. The van der Waals surface area contributed by atoms with Crippen molar-refractivity contribution < 1.29 is 9.47 Å². The Kier molecular flexibility index (Phi) is 6.53. The smallest absolute Gasteiger partial charge is 0.191 e. The molecule has 4 rings (SSSR count). The zero-order valence-electron chi connectivity index (χ0n) is 15.6. The van der Waals surface area contributed by atoms with Gasteiger partial charge >= 0.3 is 0 Å². The Morgan fingerprint density at radius 3 is 2.56 bits per heavy atom. The van der Waals surface area contributed by atoms with Crippen molar-refractivity contribution in [2.45, 2.75) is 95.1 Å². The average Bonchev–Trinajstić information content (AvgIpc) is 3.23. The lowest BCUT2D eigenvalue weighted by molar-refractivity contribution is -0.145. The summed E-state index contributed by atoms with van der Waals surface area (Å²) in [5, 5.41) is 7.38. The van der Waals surface area contributed by atoms with Gasteiger partial charge in [-0.15, -0.1) is 24.0 Å². The average molecular weight is 463 g/mol. The highest BCUT2D eigenvalue weighted by atomic mass is 127. The van der Waals surface area contributed by atoms with E-state index in [1.54, 1.807) is 0 Å². The number of nitrogens with one attached hydrogen (secondary N) is 2. The van der Waals surface area contributed by atoms with Gasteiger partial charge in [-0.2, -0.15) is 0 Å². The molecule has 5 nitrogen and oxygen atoms in total. The van der Waals surface area contributed by atoms with Crippen LogP contribution in [0.2, 0.25) is 0 Å². The molecule has 0 radical (unpaired) electrons. The van der Waals surface area contributed by atoms with Crippen LogP contribution in [-0.2, 0) is 9.47 Å². The molecule has 0 amide bonds. The summed E-state index contributed by atoms with van der Waals surface area (Å²) < 4.78 is 12.0. The van der Waals surface area contributed by atoms with Gasteiger partial charge in [0.15, 0.2) is 5.96 Å². The minimum atomic E-state index is 0. The number of ether oxygens (including phenoxy) is 2. The van der Waals surface area contributed by atoms with Crippen LogP contribution in [-0.4, -0.2) is 50.0 Å². The van der Waals surface area contributed by atoms with E-state index >= 15 is 0 Å². The Morgan fingerprint density at radius 1 is 1.16 bits per heavy atom. The molecule has 5 unspecified atom stereocenters. The second-order valence-corrected chi connectivity index (χ2v) is 8.10. The van der Waals surface area contributed by atoms with E-state index in [0.29, 0.717) is 35.8 Å². The van der Waals surface area contributed by atoms with Crippen LogP contribution in [0.25, 0.3) is 0 Å². The molecule has 1 spiro atoms. The third-order valence-electron chi connectivity index (χ3n) is 6.90. The molecule has 2 aliphatic heterocycles. The van der Waals surface area contributed by atoms with Crippen molar-refractivity contribution in [3.63, 3.8) is 0 Å². The molecule has 0 aromatic carbocycles. The highest BCUT2D eigenvalue weighted by molar-refractivity contribution is 14.0. The van der Waals surface area contributed by atoms with Crippen LogP contribution in [0.5, 0.6) is 0 Å². The molecule has 4 fully saturated rings. The topological polar surface area (TPSA) is 54.9 Å². The van der Waals surface area contributed by atoms with Crippen LogP contribution in [0.3, 0.4) is 0 Å². The second kappa shape index (κ2) is 8.30. The summed E-state index contributed by atoms with van der Waals surface area (Å²) in [5.41, 5.74) is 0.330. The summed E-state index contributed by atoms with van der Waals surface area (Å²) in [7, 11) is 1.88. The van der Waals surface area contributed by atoms with Gasteiger partial charge in [-0.3, -0.25) is 4.99 Å². The highest BCUT2D eigenvalue weighted by Crippen LogP contribution is 2.53. The molecular weight excluding hydrogens is 429 g/mol. The maximum atomic E-state index is 6.07. The van der Waals surface area contributed by atoms with E-state index in [2.05, 4.69) is 22.5 Å². The Bertz CT molecular complexity index is 481. The normalized spacial score (nSPS) is 39.0. The number of aliphatic imine (C=N–C) groups is 1. The van der Waals surface area contributed by atoms with Crippen molar-refractivity contribution in [3.05, 3.63) is 0 Å². The lowest BCUT2D eigenvalue weighted by Gasteiger charge is -2.58. The van der Waals surface area contributed by atoms with Crippen molar-refractivity contribution in [1.29, 1.82) is 0 Å². The summed E-state index contributed by atoms with van der Waals surface area (Å²) >= 11 is 0. The number of fused-ring (bicyclic) bond motifs is 2. The molecule has 0 aromatic heterocycles. The molecule has 144 valence electrons. The fourth-order valence-electron chi connectivity index (χ4n) is 5.57. The van der Waals surface area contributed by atoms with E-state index in [4.69, 9.17) is 9.47 Å². The first-order chi connectivity index (χ1) is 11.7. The minimum Gasteiger partial charge on any atom is -0.378 e. The van der Waals surface area contributed by atoms with Crippen LogP contribution in [0.1, 0.15) is 64.7 Å². The molecule has 2 N–H and O–H groups in total. The van der Waals surface area contributed by atoms with Crippen LogP contribution >= 0.6 is 24.0 Å². The van der Waals surface area contributed by atoms with Gasteiger partial charge in [0.25, 0.3) is 0 Å². The Morgan fingerprint density at radius 2 is 1.96 bits per heavy atom. The maximum absolute atomic E-state index is 6.07. The van der Waals surface area contributed by atoms with Crippen molar-refractivity contribution in [1.82, 2.24) is 10.6 Å². The molecule has 5 atom stereocenters. The van der Waals surface area contributed by atoms with Crippen molar-refractivity contribution in [3.8, 4) is 0 Å². The Hall–Kier alpha value is -0.0800. The van der Waals surface area contributed by atoms with E-state index in [0.717, 1.165) is 25.4 Å². The summed E-state index contributed by atoms with van der Waals surface area (Å²) in [6.45, 7) is 2.95. The Balaban J connectivity index is 0.00000182. The van der Waals surface area contributed by atoms with Gasteiger partial charge in [0, 0.05) is 25.1 Å². The second-order valence-electron chi connectivity index (χ2n) is 8.10. The molecule has 2 bridgehead atoms. The van der Waals surface area contributed by atoms with Gasteiger partial charge < -0.3 is 20.1 Å².